The van der Waals surface area contributed by atoms with Crippen molar-refractivity contribution in [3.8, 4) is 11.5 Å². The van der Waals surface area contributed by atoms with Gasteiger partial charge in [0.1, 0.15) is 5.57 Å². The number of imide groups is 2. The fraction of sp³-hybridized carbons (Fsp3) is 0.0556. The molecule has 2 N–H and O–H groups in total. The summed E-state index contributed by atoms with van der Waals surface area (Å²) in [6.07, 6.45) is 1.21. The van der Waals surface area contributed by atoms with E-state index in [2.05, 4.69) is 37.2 Å². The predicted molar refractivity (Wildman–Crippen MR) is 106 cm³/mol. The molecule has 1 fully saturated rings. The Morgan fingerprint density at radius 2 is 1.74 bits per heavy atom. The molecule has 4 amide bonds. The molecule has 138 valence electrons. The molecule has 0 unspecified atom stereocenters. The Balaban J connectivity index is 2.07. The molecule has 9 heteroatoms. The van der Waals surface area contributed by atoms with Gasteiger partial charge in [0.2, 0.25) is 0 Å². The summed E-state index contributed by atoms with van der Waals surface area (Å²) in [5, 5.41) is 12.4. The quantitative estimate of drug-likeness (QED) is 0.501. The van der Waals surface area contributed by atoms with Gasteiger partial charge in [0.15, 0.2) is 11.5 Å². The molecular formula is C18H12Br2N2O5. The third kappa shape index (κ3) is 3.74. The van der Waals surface area contributed by atoms with Crippen molar-refractivity contribution in [3.05, 3.63) is 56.5 Å². The molecule has 0 atom stereocenters. The molecule has 27 heavy (non-hydrogen) atoms. The van der Waals surface area contributed by atoms with E-state index in [-0.39, 0.29) is 22.6 Å². The number of hydrogen-bond donors (Lipinski definition) is 2. The van der Waals surface area contributed by atoms with E-state index in [9.17, 15) is 19.5 Å². The van der Waals surface area contributed by atoms with Crippen molar-refractivity contribution >= 4 is 61.5 Å². The number of nitrogens with one attached hydrogen (secondary N) is 1. The Bertz CT molecular complexity index is 986. The summed E-state index contributed by atoms with van der Waals surface area (Å²) < 4.78 is 6.41. The van der Waals surface area contributed by atoms with Crippen molar-refractivity contribution in [2.75, 3.05) is 12.0 Å². The highest BCUT2D eigenvalue weighted by atomic mass is 79.9. The first-order valence-electron chi connectivity index (χ1n) is 7.55. The zero-order valence-corrected chi connectivity index (χ0v) is 17.0. The molecule has 1 heterocycles. The lowest BCUT2D eigenvalue weighted by Gasteiger charge is -2.26. The summed E-state index contributed by atoms with van der Waals surface area (Å²) in [7, 11) is 1.38. The molecule has 3 rings (SSSR count). The SMILES string of the molecule is COc1cc(Br)cc(/C=C2/C(=O)NC(=O)N(c3ccc(Br)cc3)C2=O)c1O. The molecule has 2 aromatic carbocycles. The van der Waals surface area contributed by atoms with E-state index in [1.54, 1.807) is 24.3 Å². The average Bonchev–Trinajstić information content (AvgIpc) is 2.62. The zero-order valence-electron chi connectivity index (χ0n) is 13.8. The first-order chi connectivity index (χ1) is 12.8. The summed E-state index contributed by atoms with van der Waals surface area (Å²) in [4.78, 5) is 38.1. The molecule has 1 aliphatic rings. The number of rotatable bonds is 3. The van der Waals surface area contributed by atoms with Gasteiger partial charge in [-0.1, -0.05) is 31.9 Å². The number of carbonyl (C=O) groups excluding carboxylic acids is 3. The average molecular weight is 496 g/mol. The topological polar surface area (TPSA) is 95.9 Å². The highest BCUT2D eigenvalue weighted by Crippen LogP contribution is 2.35. The number of anilines is 1. The first-order valence-corrected chi connectivity index (χ1v) is 9.14. The molecular weight excluding hydrogens is 484 g/mol. The van der Waals surface area contributed by atoms with Crippen molar-refractivity contribution in [2.45, 2.75) is 0 Å². The maximum absolute atomic E-state index is 12.8. The third-order valence-electron chi connectivity index (χ3n) is 3.78. The summed E-state index contributed by atoms with van der Waals surface area (Å²) >= 11 is 6.55. The lowest BCUT2D eigenvalue weighted by atomic mass is 10.1. The number of methoxy groups -OCH3 is 1. The maximum atomic E-state index is 12.8. The maximum Gasteiger partial charge on any atom is 0.335 e. The van der Waals surface area contributed by atoms with Crippen LogP contribution in [0.15, 0.2) is 50.9 Å². The van der Waals surface area contributed by atoms with E-state index in [4.69, 9.17) is 4.74 Å². The van der Waals surface area contributed by atoms with Gasteiger partial charge < -0.3 is 9.84 Å². The number of phenolic OH excluding ortho intramolecular Hbond substituents is 1. The van der Waals surface area contributed by atoms with E-state index >= 15 is 0 Å². The van der Waals surface area contributed by atoms with Crippen LogP contribution in [0.2, 0.25) is 0 Å². The number of hydrogen-bond acceptors (Lipinski definition) is 5. The fourth-order valence-electron chi connectivity index (χ4n) is 2.50. The van der Waals surface area contributed by atoms with Gasteiger partial charge in [0, 0.05) is 14.5 Å². The van der Waals surface area contributed by atoms with E-state index in [0.29, 0.717) is 10.2 Å². The normalized spacial score (nSPS) is 15.9. The zero-order chi connectivity index (χ0) is 19.7. The number of aromatic hydroxyl groups is 1. The number of halogens is 2. The van der Waals surface area contributed by atoms with Crippen molar-refractivity contribution < 1.29 is 24.2 Å². The van der Waals surface area contributed by atoms with Crippen molar-refractivity contribution in [3.63, 3.8) is 0 Å². The number of barbiturate groups is 1. The highest BCUT2D eigenvalue weighted by Gasteiger charge is 2.37. The number of carbonyl (C=O) groups is 3. The summed E-state index contributed by atoms with van der Waals surface area (Å²) in [6, 6.07) is 8.68. The van der Waals surface area contributed by atoms with Gasteiger partial charge in [-0.2, -0.15) is 0 Å². The second-order valence-corrected chi connectivity index (χ2v) is 7.31. The Hall–Kier alpha value is -2.65. The minimum atomic E-state index is -0.850. The van der Waals surface area contributed by atoms with Crippen LogP contribution in [0.3, 0.4) is 0 Å². The number of phenols is 1. The molecule has 0 saturated carbocycles. The molecule has 0 aliphatic carbocycles. The number of urea groups is 1. The molecule has 0 radical (unpaired) electrons. The van der Waals surface area contributed by atoms with Crippen LogP contribution in [0.25, 0.3) is 6.08 Å². The van der Waals surface area contributed by atoms with Crippen LogP contribution in [0, 0.1) is 0 Å². The molecule has 7 nitrogen and oxygen atoms in total. The number of ether oxygens (including phenoxy) is 1. The van der Waals surface area contributed by atoms with Crippen LogP contribution in [0.5, 0.6) is 11.5 Å². The summed E-state index contributed by atoms with van der Waals surface area (Å²) in [5.41, 5.74) is 0.188. The smallest absolute Gasteiger partial charge is 0.335 e. The number of amides is 4. The highest BCUT2D eigenvalue weighted by molar-refractivity contribution is 9.10. The number of nitrogens with zero attached hydrogens (tertiary/aromatic N) is 1. The van der Waals surface area contributed by atoms with Gasteiger partial charge in [-0.15, -0.1) is 0 Å². The van der Waals surface area contributed by atoms with Crippen molar-refractivity contribution in [2.24, 2.45) is 0 Å². The lowest BCUT2D eigenvalue weighted by molar-refractivity contribution is -0.122. The van der Waals surface area contributed by atoms with Crippen molar-refractivity contribution in [1.29, 1.82) is 0 Å². The Morgan fingerprint density at radius 1 is 1.07 bits per heavy atom. The molecule has 0 bridgehead atoms. The molecule has 0 aromatic heterocycles. The van der Waals surface area contributed by atoms with Gasteiger partial charge in [0.05, 0.1) is 12.8 Å². The van der Waals surface area contributed by atoms with Crippen LogP contribution in [-0.4, -0.2) is 30.1 Å². The minimum absolute atomic E-state index is 0.167. The Morgan fingerprint density at radius 3 is 2.37 bits per heavy atom. The minimum Gasteiger partial charge on any atom is -0.504 e. The van der Waals surface area contributed by atoms with Crippen LogP contribution in [0.1, 0.15) is 5.56 Å². The van der Waals surface area contributed by atoms with Gasteiger partial charge in [0.25, 0.3) is 11.8 Å². The van der Waals surface area contributed by atoms with Crippen LogP contribution in [0.4, 0.5) is 10.5 Å². The largest absolute Gasteiger partial charge is 0.504 e. The fourth-order valence-corrected chi connectivity index (χ4v) is 3.22. The molecule has 2 aromatic rings. The summed E-state index contributed by atoms with van der Waals surface area (Å²) in [5.74, 6) is -1.72. The molecule has 1 aliphatic heterocycles. The van der Waals surface area contributed by atoms with E-state index in [1.807, 2.05) is 0 Å². The van der Waals surface area contributed by atoms with Gasteiger partial charge in [-0.25, -0.2) is 9.69 Å². The van der Waals surface area contributed by atoms with Gasteiger partial charge in [-0.05, 0) is 42.5 Å². The van der Waals surface area contributed by atoms with Crippen molar-refractivity contribution in [1.82, 2.24) is 5.32 Å². The standard InChI is InChI=1S/C18H12Br2N2O5/c1-27-14-8-11(20)6-9(15(14)23)7-13-16(24)21-18(26)22(17(13)25)12-4-2-10(19)3-5-12/h2-8,23H,1H3,(H,21,24,26)/b13-7-. The lowest BCUT2D eigenvalue weighted by Crippen LogP contribution is -2.54. The molecule has 0 spiro atoms. The van der Waals surface area contributed by atoms with Crippen LogP contribution < -0.4 is 15.0 Å². The third-order valence-corrected chi connectivity index (χ3v) is 4.76. The Kier molecular flexibility index (Phi) is 5.33. The van der Waals surface area contributed by atoms with Crippen LogP contribution in [-0.2, 0) is 9.59 Å². The van der Waals surface area contributed by atoms with Gasteiger partial charge >= 0.3 is 6.03 Å². The first kappa shape index (κ1) is 19.1. The number of benzene rings is 2. The second kappa shape index (κ2) is 7.53. The summed E-state index contributed by atoms with van der Waals surface area (Å²) in [6.45, 7) is 0. The van der Waals surface area contributed by atoms with Crippen LogP contribution >= 0.6 is 31.9 Å². The Labute approximate surface area is 170 Å². The monoisotopic (exact) mass is 494 g/mol. The predicted octanol–water partition coefficient (Wildman–Crippen LogP) is 3.59. The molecule has 1 saturated heterocycles. The van der Waals surface area contributed by atoms with E-state index < -0.39 is 17.8 Å². The van der Waals surface area contributed by atoms with E-state index in [1.165, 1.54) is 25.3 Å². The van der Waals surface area contributed by atoms with E-state index in [0.717, 1.165) is 9.37 Å². The second-order valence-electron chi connectivity index (χ2n) is 5.48. The van der Waals surface area contributed by atoms with Gasteiger partial charge in [-0.3, -0.25) is 14.9 Å².